The lowest BCUT2D eigenvalue weighted by molar-refractivity contribution is -0.144. The third-order valence-corrected chi connectivity index (χ3v) is 3.43. The van der Waals surface area contributed by atoms with E-state index in [9.17, 15) is 9.59 Å². The first-order chi connectivity index (χ1) is 9.15. The SMILES string of the molecule is CCOC(=O)C[C@H]1CCc2cc(OC)ccc2C1=O. The second-order valence-electron chi connectivity index (χ2n) is 4.63. The molecule has 4 heteroatoms. The molecule has 1 aromatic rings. The molecule has 102 valence electrons. The van der Waals surface area contributed by atoms with Gasteiger partial charge in [-0.15, -0.1) is 0 Å². The number of aryl methyl sites for hydroxylation is 1. The highest BCUT2D eigenvalue weighted by atomic mass is 16.5. The van der Waals surface area contributed by atoms with Gasteiger partial charge in [-0.25, -0.2) is 0 Å². The van der Waals surface area contributed by atoms with E-state index in [0.717, 1.165) is 17.7 Å². The van der Waals surface area contributed by atoms with Crippen LogP contribution in [0.2, 0.25) is 0 Å². The zero-order valence-electron chi connectivity index (χ0n) is 11.3. The lowest BCUT2D eigenvalue weighted by Crippen LogP contribution is -2.25. The number of methoxy groups -OCH3 is 1. The van der Waals surface area contributed by atoms with Crippen LogP contribution < -0.4 is 4.74 Å². The zero-order chi connectivity index (χ0) is 13.8. The van der Waals surface area contributed by atoms with Gasteiger partial charge in [-0.05, 0) is 43.5 Å². The highest BCUT2D eigenvalue weighted by Crippen LogP contribution is 2.30. The molecule has 0 unspecified atom stereocenters. The van der Waals surface area contributed by atoms with Crippen molar-refractivity contribution in [3.8, 4) is 5.75 Å². The van der Waals surface area contributed by atoms with Crippen LogP contribution in [0.4, 0.5) is 0 Å². The van der Waals surface area contributed by atoms with Gasteiger partial charge in [0.1, 0.15) is 5.75 Å². The molecule has 0 saturated carbocycles. The summed E-state index contributed by atoms with van der Waals surface area (Å²) in [5.74, 6) is 0.255. The number of fused-ring (bicyclic) bond motifs is 1. The lowest BCUT2D eigenvalue weighted by atomic mass is 9.81. The number of carbonyl (C=O) groups is 2. The maximum Gasteiger partial charge on any atom is 0.306 e. The number of Topliss-reactive ketones (excluding diaryl/α,β-unsaturated/α-hetero) is 1. The molecule has 0 aliphatic heterocycles. The fourth-order valence-corrected chi connectivity index (χ4v) is 2.44. The van der Waals surface area contributed by atoms with Gasteiger partial charge in [-0.1, -0.05) is 0 Å². The van der Waals surface area contributed by atoms with Gasteiger partial charge >= 0.3 is 5.97 Å². The van der Waals surface area contributed by atoms with Crippen molar-refractivity contribution in [1.29, 1.82) is 0 Å². The Kier molecular flexibility index (Phi) is 4.20. The first kappa shape index (κ1) is 13.6. The summed E-state index contributed by atoms with van der Waals surface area (Å²) in [4.78, 5) is 23.8. The van der Waals surface area contributed by atoms with Crippen LogP contribution in [0.5, 0.6) is 5.75 Å². The topological polar surface area (TPSA) is 52.6 Å². The molecule has 1 aromatic carbocycles. The van der Waals surface area contributed by atoms with E-state index >= 15 is 0 Å². The van der Waals surface area contributed by atoms with Crippen molar-refractivity contribution in [3.63, 3.8) is 0 Å². The Morgan fingerprint density at radius 2 is 2.21 bits per heavy atom. The molecule has 4 nitrogen and oxygen atoms in total. The van der Waals surface area contributed by atoms with Crippen LogP contribution in [-0.4, -0.2) is 25.5 Å². The fraction of sp³-hybridized carbons (Fsp3) is 0.467. The lowest BCUT2D eigenvalue weighted by Gasteiger charge is -2.23. The minimum atomic E-state index is -0.294. The molecule has 0 N–H and O–H groups in total. The van der Waals surface area contributed by atoms with Gasteiger partial charge in [0.15, 0.2) is 5.78 Å². The summed E-state index contributed by atoms with van der Waals surface area (Å²) in [6, 6.07) is 5.46. The number of hydrogen-bond donors (Lipinski definition) is 0. The Labute approximate surface area is 112 Å². The van der Waals surface area contributed by atoms with Gasteiger partial charge in [0.05, 0.1) is 20.1 Å². The minimum absolute atomic E-state index is 0.0388. The number of benzene rings is 1. The van der Waals surface area contributed by atoms with E-state index in [1.807, 2.05) is 6.07 Å². The summed E-state index contributed by atoms with van der Waals surface area (Å²) in [7, 11) is 1.61. The van der Waals surface area contributed by atoms with Crippen LogP contribution in [0.1, 0.15) is 35.7 Å². The van der Waals surface area contributed by atoms with Crippen LogP contribution in [-0.2, 0) is 16.0 Å². The number of ketones is 1. The van der Waals surface area contributed by atoms with E-state index in [4.69, 9.17) is 9.47 Å². The molecule has 0 aromatic heterocycles. The molecule has 1 aliphatic carbocycles. The average molecular weight is 262 g/mol. The summed E-state index contributed by atoms with van der Waals surface area (Å²) in [6.07, 6.45) is 1.66. The second kappa shape index (κ2) is 5.87. The highest BCUT2D eigenvalue weighted by Gasteiger charge is 2.29. The molecule has 0 radical (unpaired) electrons. The van der Waals surface area contributed by atoms with Gasteiger partial charge < -0.3 is 9.47 Å². The Balaban J connectivity index is 2.13. The number of carbonyl (C=O) groups excluding carboxylic acids is 2. The van der Waals surface area contributed by atoms with Crippen LogP contribution >= 0.6 is 0 Å². The predicted octanol–water partition coefficient (Wildman–Crippen LogP) is 2.39. The summed E-state index contributed by atoms with van der Waals surface area (Å²) < 4.78 is 10.1. The molecule has 1 atom stereocenters. The monoisotopic (exact) mass is 262 g/mol. The maximum absolute atomic E-state index is 12.3. The van der Waals surface area contributed by atoms with Crippen LogP contribution in [0.3, 0.4) is 0 Å². The normalized spacial score (nSPS) is 17.8. The van der Waals surface area contributed by atoms with E-state index in [0.29, 0.717) is 18.6 Å². The molecule has 0 bridgehead atoms. The Morgan fingerprint density at radius 1 is 1.42 bits per heavy atom. The van der Waals surface area contributed by atoms with E-state index in [-0.39, 0.29) is 24.1 Å². The smallest absolute Gasteiger partial charge is 0.306 e. The van der Waals surface area contributed by atoms with Crippen LogP contribution in [0, 0.1) is 5.92 Å². The molecule has 19 heavy (non-hydrogen) atoms. The van der Waals surface area contributed by atoms with Gasteiger partial charge in [0.2, 0.25) is 0 Å². The molecule has 2 rings (SSSR count). The number of rotatable bonds is 4. The molecule has 0 spiro atoms. The maximum atomic E-state index is 12.3. The quantitative estimate of drug-likeness (QED) is 0.782. The molecule has 0 fully saturated rings. The third kappa shape index (κ3) is 2.95. The van der Waals surface area contributed by atoms with E-state index in [1.165, 1.54) is 0 Å². The van der Waals surface area contributed by atoms with Crippen molar-refractivity contribution in [2.45, 2.75) is 26.2 Å². The standard InChI is InChI=1S/C15H18O4/c1-3-19-14(16)9-11-5-4-10-8-12(18-2)6-7-13(10)15(11)17/h6-8,11H,3-5,9H2,1-2H3/t11-/m1/s1. The van der Waals surface area contributed by atoms with Crippen molar-refractivity contribution < 1.29 is 19.1 Å². The minimum Gasteiger partial charge on any atom is -0.497 e. The van der Waals surface area contributed by atoms with Crippen molar-refractivity contribution in [1.82, 2.24) is 0 Å². The van der Waals surface area contributed by atoms with Gasteiger partial charge in [-0.3, -0.25) is 9.59 Å². The fourth-order valence-electron chi connectivity index (χ4n) is 2.44. The Bertz CT molecular complexity index is 493. The van der Waals surface area contributed by atoms with Crippen LogP contribution in [0.15, 0.2) is 18.2 Å². The Hall–Kier alpha value is -1.84. The van der Waals surface area contributed by atoms with E-state index in [2.05, 4.69) is 0 Å². The summed E-state index contributed by atoms with van der Waals surface area (Å²) in [5.41, 5.74) is 1.71. The highest BCUT2D eigenvalue weighted by molar-refractivity contribution is 6.01. The summed E-state index contributed by atoms with van der Waals surface area (Å²) in [5, 5.41) is 0. The van der Waals surface area contributed by atoms with Crippen molar-refractivity contribution in [2.24, 2.45) is 5.92 Å². The largest absolute Gasteiger partial charge is 0.497 e. The molecular formula is C15H18O4. The van der Waals surface area contributed by atoms with Crippen molar-refractivity contribution in [3.05, 3.63) is 29.3 Å². The molecule has 0 heterocycles. The average Bonchev–Trinajstić information content (AvgIpc) is 2.42. The van der Waals surface area contributed by atoms with Crippen molar-refractivity contribution >= 4 is 11.8 Å². The molecular weight excluding hydrogens is 244 g/mol. The van der Waals surface area contributed by atoms with E-state index < -0.39 is 0 Å². The second-order valence-corrected chi connectivity index (χ2v) is 4.63. The number of ether oxygens (including phenoxy) is 2. The predicted molar refractivity (Wildman–Crippen MR) is 70.4 cm³/mol. The molecule has 0 amide bonds. The summed E-state index contributed by atoms with van der Waals surface area (Å²) >= 11 is 0. The van der Waals surface area contributed by atoms with Crippen molar-refractivity contribution in [2.75, 3.05) is 13.7 Å². The third-order valence-electron chi connectivity index (χ3n) is 3.43. The molecule has 1 aliphatic rings. The first-order valence-electron chi connectivity index (χ1n) is 6.52. The van der Waals surface area contributed by atoms with E-state index in [1.54, 1.807) is 26.2 Å². The Morgan fingerprint density at radius 3 is 2.89 bits per heavy atom. The van der Waals surface area contributed by atoms with Gasteiger partial charge in [0, 0.05) is 11.5 Å². The van der Waals surface area contributed by atoms with Crippen LogP contribution in [0.25, 0.3) is 0 Å². The number of hydrogen-bond acceptors (Lipinski definition) is 4. The van der Waals surface area contributed by atoms with Gasteiger partial charge in [0.25, 0.3) is 0 Å². The summed E-state index contributed by atoms with van der Waals surface area (Å²) in [6.45, 7) is 2.12. The number of esters is 1. The molecule has 0 saturated heterocycles. The first-order valence-corrected chi connectivity index (χ1v) is 6.52. The van der Waals surface area contributed by atoms with Gasteiger partial charge in [-0.2, -0.15) is 0 Å². The zero-order valence-corrected chi connectivity index (χ0v) is 11.3.